The van der Waals surface area contributed by atoms with Crippen LogP contribution >= 0.6 is 0 Å². The van der Waals surface area contributed by atoms with Crippen molar-refractivity contribution in [3.05, 3.63) is 83.8 Å². The topological polar surface area (TPSA) is 103 Å². The third kappa shape index (κ3) is 5.41. The first-order chi connectivity index (χ1) is 17.1. The molecule has 0 aliphatic heterocycles. The first kappa shape index (κ1) is 22.8. The Hall–Kier alpha value is -3.97. The van der Waals surface area contributed by atoms with Crippen LogP contribution in [0, 0.1) is 0 Å². The van der Waals surface area contributed by atoms with Gasteiger partial charge in [0.15, 0.2) is 0 Å². The summed E-state index contributed by atoms with van der Waals surface area (Å²) in [5.74, 6) is -0.198. The van der Waals surface area contributed by atoms with Crippen LogP contribution in [0.3, 0.4) is 0 Å². The number of H-pyrrole nitrogens is 1. The largest absolute Gasteiger partial charge is 0.388 e. The van der Waals surface area contributed by atoms with Gasteiger partial charge in [0, 0.05) is 23.8 Å². The molecule has 2 aromatic heterocycles. The first-order valence-corrected chi connectivity index (χ1v) is 12.0. The number of aromatic nitrogens is 3. The number of carbonyl (C=O) groups excluding carboxylic acids is 1. The minimum atomic E-state index is -0.801. The highest BCUT2D eigenvalue weighted by molar-refractivity contribution is 6.00. The van der Waals surface area contributed by atoms with Gasteiger partial charge < -0.3 is 15.7 Å². The third-order valence-electron chi connectivity index (χ3n) is 6.51. The smallest absolute Gasteiger partial charge is 0.253 e. The summed E-state index contributed by atoms with van der Waals surface area (Å²) in [5, 5.41) is 25.5. The number of rotatable bonds is 7. The van der Waals surface area contributed by atoms with Crippen molar-refractivity contribution in [2.45, 2.75) is 37.7 Å². The summed E-state index contributed by atoms with van der Waals surface area (Å²) in [4.78, 5) is 17.3. The second kappa shape index (κ2) is 10.1. The van der Waals surface area contributed by atoms with Gasteiger partial charge in [-0.15, -0.1) is 0 Å². The summed E-state index contributed by atoms with van der Waals surface area (Å²) in [6.07, 6.45) is 10.2. The van der Waals surface area contributed by atoms with E-state index in [4.69, 9.17) is 0 Å². The van der Waals surface area contributed by atoms with Crippen LogP contribution < -0.4 is 10.6 Å². The second-order valence-electron chi connectivity index (χ2n) is 9.10. The second-order valence-corrected chi connectivity index (χ2v) is 9.10. The molecule has 178 valence electrons. The van der Waals surface area contributed by atoms with Crippen molar-refractivity contribution in [3.63, 3.8) is 0 Å². The number of hydrogen-bond acceptors (Lipinski definition) is 5. The summed E-state index contributed by atoms with van der Waals surface area (Å²) < 4.78 is 0. The Labute approximate surface area is 204 Å². The van der Waals surface area contributed by atoms with Crippen molar-refractivity contribution >= 4 is 40.3 Å². The number of anilines is 2. The summed E-state index contributed by atoms with van der Waals surface area (Å²) in [6.45, 7) is 0.273. The molecule has 2 aromatic carbocycles. The molecule has 0 bridgehead atoms. The van der Waals surface area contributed by atoms with Crippen molar-refractivity contribution in [1.29, 1.82) is 0 Å². The van der Waals surface area contributed by atoms with Crippen molar-refractivity contribution in [2.24, 2.45) is 0 Å². The quantitative estimate of drug-likeness (QED) is 0.295. The van der Waals surface area contributed by atoms with Crippen LogP contribution in [-0.4, -0.2) is 38.3 Å². The molecule has 1 saturated carbocycles. The molecule has 0 saturated heterocycles. The average Bonchev–Trinajstić information content (AvgIpc) is 3.30. The predicted molar refractivity (Wildman–Crippen MR) is 139 cm³/mol. The highest BCUT2D eigenvalue weighted by atomic mass is 16.3. The molecule has 5 rings (SSSR count). The highest BCUT2D eigenvalue weighted by Crippen LogP contribution is 2.28. The normalized spacial score (nSPS) is 15.3. The molecule has 1 aliphatic carbocycles. The molecule has 0 unspecified atom stereocenters. The van der Waals surface area contributed by atoms with Gasteiger partial charge in [0.1, 0.15) is 0 Å². The van der Waals surface area contributed by atoms with Crippen molar-refractivity contribution < 1.29 is 9.90 Å². The Kier molecular flexibility index (Phi) is 6.59. The minimum Gasteiger partial charge on any atom is -0.388 e. The fourth-order valence-electron chi connectivity index (χ4n) is 4.56. The number of hydrogen-bond donors (Lipinski definition) is 4. The molecule has 0 spiro atoms. The van der Waals surface area contributed by atoms with E-state index in [9.17, 15) is 9.90 Å². The summed E-state index contributed by atoms with van der Waals surface area (Å²) >= 11 is 0. The zero-order valence-electron chi connectivity index (χ0n) is 19.5. The highest BCUT2D eigenvalue weighted by Gasteiger charge is 2.29. The molecule has 7 nitrogen and oxygen atoms in total. The first-order valence-electron chi connectivity index (χ1n) is 12.0. The summed E-state index contributed by atoms with van der Waals surface area (Å²) in [5.41, 5.74) is 3.87. The Morgan fingerprint density at radius 1 is 1.03 bits per heavy atom. The number of nitrogens with zero attached hydrogens (tertiary/aromatic N) is 2. The van der Waals surface area contributed by atoms with Gasteiger partial charge >= 0.3 is 0 Å². The standard InChI is InChI=1S/C28H29N5O2/c34-27(30-19-28(35)15-5-1-6-16-28)23-9-2-3-10-24(23)31-21-11-13-22-25(32-33-26(22)18-21)14-12-20-8-4-7-17-29-20/h2-4,7-14,17-18,31,35H,1,5-6,15-16,19H2,(H,30,34)(H,32,33)/b14-12+. The SMILES string of the molecule is O=C(NCC1(O)CCCCC1)c1ccccc1Nc1ccc2c(/C=C/c3ccccn3)n[nH]c2c1. The molecule has 7 heteroatoms. The van der Waals surface area contributed by atoms with Gasteiger partial charge in [0.05, 0.1) is 33.8 Å². The van der Waals surface area contributed by atoms with Gasteiger partial charge in [-0.2, -0.15) is 5.10 Å². The number of benzene rings is 2. The van der Waals surface area contributed by atoms with Gasteiger partial charge in [-0.25, -0.2) is 0 Å². The van der Waals surface area contributed by atoms with Gasteiger partial charge in [-0.3, -0.25) is 14.9 Å². The van der Waals surface area contributed by atoms with E-state index in [0.29, 0.717) is 11.3 Å². The molecule has 1 aliphatic rings. The van der Waals surface area contributed by atoms with Gasteiger partial charge in [0.25, 0.3) is 5.91 Å². The van der Waals surface area contributed by atoms with Gasteiger partial charge in [-0.1, -0.05) is 37.5 Å². The van der Waals surface area contributed by atoms with Crippen LogP contribution in [0.15, 0.2) is 66.9 Å². The maximum absolute atomic E-state index is 13.0. The number of para-hydroxylation sites is 1. The van der Waals surface area contributed by atoms with E-state index < -0.39 is 5.60 Å². The maximum Gasteiger partial charge on any atom is 0.253 e. The lowest BCUT2D eigenvalue weighted by Gasteiger charge is -2.32. The molecular weight excluding hydrogens is 438 g/mol. The average molecular weight is 468 g/mol. The van der Waals surface area contributed by atoms with Crippen LogP contribution in [0.5, 0.6) is 0 Å². The Morgan fingerprint density at radius 3 is 2.69 bits per heavy atom. The lowest BCUT2D eigenvalue weighted by Crippen LogP contribution is -2.44. The van der Waals surface area contributed by atoms with E-state index in [1.807, 2.05) is 66.7 Å². The van der Waals surface area contributed by atoms with E-state index in [1.54, 1.807) is 12.3 Å². The zero-order valence-corrected chi connectivity index (χ0v) is 19.5. The molecule has 2 heterocycles. The number of nitrogens with one attached hydrogen (secondary N) is 3. The molecular formula is C28H29N5O2. The molecule has 1 fully saturated rings. The number of carbonyl (C=O) groups is 1. The van der Waals surface area contributed by atoms with Crippen LogP contribution in [0.2, 0.25) is 0 Å². The van der Waals surface area contributed by atoms with Crippen LogP contribution in [0.4, 0.5) is 11.4 Å². The number of pyridine rings is 1. The third-order valence-corrected chi connectivity index (χ3v) is 6.51. The molecule has 1 amide bonds. The molecule has 35 heavy (non-hydrogen) atoms. The molecule has 4 aromatic rings. The summed E-state index contributed by atoms with van der Waals surface area (Å²) in [7, 11) is 0. The number of amides is 1. The number of aliphatic hydroxyl groups is 1. The summed E-state index contributed by atoms with van der Waals surface area (Å²) in [6, 6.07) is 19.1. The monoisotopic (exact) mass is 467 g/mol. The fraction of sp³-hybridized carbons (Fsp3) is 0.250. The van der Waals surface area contributed by atoms with Crippen molar-refractivity contribution in [2.75, 3.05) is 11.9 Å². The molecule has 4 N–H and O–H groups in total. The van der Waals surface area contributed by atoms with Crippen LogP contribution in [0.1, 0.15) is 53.8 Å². The number of fused-ring (bicyclic) bond motifs is 1. The Morgan fingerprint density at radius 2 is 1.86 bits per heavy atom. The van der Waals surface area contributed by atoms with Crippen molar-refractivity contribution in [3.8, 4) is 0 Å². The van der Waals surface area contributed by atoms with Crippen molar-refractivity contribution in [1.82, 2.24) is 20.5 Å². The lowest BCUT2D eigenvalue weighted by atomic mass is 9.85. The van der Waals surface area contributed by atoms with E-state index in [0.717, 1.165) is 60.1 Å². The van der Waals surface area contributed by atoms with Gasteiger partial charge in [-0.05, 0) is 67.5 Å². The van der Waals surface area contributed by atoms with E-state index in [1.165, 1.54) is 0 Å². The minimum absolute atomic E-state index is 0.198. The maximum atomic E-state index is 13.0. The van der Waals surface area contributed by atoms with Crippen LogP contribution in [0.25, 0.3) is 23.1 Å². The van der Waals surface area contributed by atoms with Gasteiger partial charge in [0.2, 0.25) is 0 Å². The van der Waals surface area contributed by atoms with E-state index >= 15 is 0 Å². The van der Waals surface area contributed by atoms with E-state index in [-0.39, 0.29) is 12.5 Å². The lowest BCUT2D eigenvalue weighted by molar-refractivity contribution is 0.00526. The molecule has 0 atom stereocenters. The Bertz CT molecular complexity index is 1340. The Balaban J connectivity index is 1.30. The zero-order chi connectivity index (χ0) is 24.1. The molecule has 0 radical (unpaired) electrons. The van der Waals surface area contributed by atoms with Crippen LogP contribution in [-0.2, 0) is 0 Å². The number of aromatic amines is 1. The predicted octanol–water partition coefficient (Wildman–Crippen LogP) is 5.30. The fourth-order valence-corrected chi connectivity index (χ4v) is 4.56. The van der Waals surface area contributed by atoms with E-state index in [2.05, 4.69) is 25.8 Å².